The van der Waals surface area contributed by atoms with Crippen molar-refractivity contribution in [1.29, 1.82) is 0 Å². The summed E-state index contributed by atoms with van der Waals surface area (Å²) in [6, 6.07) is 7.38. The van der Waals surface area contributed by atoms with E-state index in [1.165, 1.54) is 4.90 Å². The molecule has 0 unspecified atom stereocenters. The molecule has 1 aromatic carbocycles. The minimum absolute atomic E-state index is 0.0599. The summed E-state index contributed by atoms with van der Waals surface area (Å²) < 4.78 is 0. The summed E-state index contributed by atoms with van der Waals surface area (Å²) in [7, 11) is 1.62. The molecule has 23 heavy (non-hydrogen) atoms. The van der Waals surface area contributed by atoms with Crippen LogP contribution in [0.25, 0.3) is 0 Å². The fraction of sp³-hybridized carbons (Fsp3) is 0.312. The van der Waals surface area contributed by atoms with Crippen LogP contribution in [-0.4, -0.2) is 40.5 Å². The zero-order valence-corrected chi connectivity index (χ0v) is 14.6. The quantitative estimate of drug-likeness (QED) is 0.776. The molecule has 0 aliphatic heterocycles. The molecule has 1 N–H and O–H groups in total. The number of thioether (sulfide) groups is 1. The maximum atomic E-state index is 12.5. The minimum Gasteiger partial charge on any atom is -0.481 e. The topological polar surface area (TPSA) is 70.5 Å². The standard InChI is InChI=1S/C16H18N2O3S2/c1-11-17-12(9-22-11)10-23-14-6-4-3-5-13(14)16(21)18(2)8-7-15(19)20/h3-6,9H,7-8,10H2,1-2H3,(H,19,20). The highest BCUT2D eigenvalue weighted by molar-refractivity contribution is 7.98. The van der Waals surface area contributed by atoms with E-state index in [9.17, 15) is 9.59 Å². The number of carboxylic acids is 1. The molecule has 0 aliphatic carbocycles. The van der Waals surface area contributed by atoms with Gasteiger partial charge in [0.1, 0.15) is 0 Å². The van der Waals surface area contributed by atoms with Crippen LogP contribution >= 0.6 is 23.1 Å². The number of benzene rings is 1. The van der Waals surface area contributed by atoms with E-state index in [0.717, 1.165) is 15.6 Å². The first-order chi connectivity index (χ1) is 11.0. The van der Waals surface area contributed by atoms with Crippen LogP contribution in [0.1, 0.15) is 27.5 Å². The van der Waals surface area contributed by atoms with Crippen LogP contribution in [0.3, 0.4) is 0 Å². The lowest BCUT2D eigenvalue weighted by molar-refractivity contribution is -0.137. The zero-order valence-electron chi connectivity index (χ0n) is 13.0. The smallest absolute Gasteiger partial charge is 0.305 e. The molecule has 7 heteroatoms. The number of aromatic nitrogens is 1. The molecular weight excluding hydrogens is 332 g/mol. The fourth-order valence-electron chi connectivity index (χ4n) is 1.97. The Morgan fingerprint density at radius 3 is 2.74 bits per heavy atom. The number of carbonyl (C=O) groups excluding carboxylic acids is 1. The first-order valence-electron chi connectivity index (χ1n) is 7.07. The normalized spacial score (nSPS) is 10.5. The first-order valence-corrected chi connectivity index (χ1v) is 8.94. The molecule has 0 spiro atoms. The Hall–Kier alpha value is -1.86. The second kappa shape index (κ2) is 8.12. The summed E-state index contributed by atoms with van der Waals surface area (Å²) >= 11 is 3.17. The number of rotatable bonds is 7. The summed E-state index contributed by atoms with van der Waals surface area (Å²) in [6.45, 7) is 2.16. The van der Waals surface area contributed by atoms with E-state index < -0.39 is 5.97 Å². The van der Waals surface area contributed by atoms with Crippen molar-refractivity contribution in [2.75, 3.05) is 13.6 Å². The Morgan fingerprint density at radius 1 is 1.35 bits per heavy atom. The van der Waals surface area contributed by atoms with E-state index in [1.807, 2.05) is 30.5 Å². The molecule has 0 aliphatic rings. The van der Waals surface area contributed by atoms with Crippen LogP contribution in [-0.2, 0) is 10.5 Å². The highest BCUT2D eigenvalue weighted by atomic mass is 32.2. The van der Waals surface area contributed by atoms with Gasteiger partial charge in [0, 0.05) is 29.6 Å². The molecule has 2 aromatic rings. The van der Waals surface area contributed by atoms with E-state index >= 15 is 0 Å². The Kier molecular flexibility index (Phi) is 6.18. The summed E-state index contributed by atoms with van der Waals surface area (Å²) in [4.78, 5) is 29.9. The number of amides is 1. The molecule has 0 saturated heterocycles. The number of carboxylic acid groups (broad SMARTS) is 1. The van der Waals surface area contributed by atoms with Crippen molar-refractivity contribution in [1.82, 2.24) is 9.88 Å². The summed E-state index contributed by atoms with van der Waals surface area (Å²) in [6.07, 6.45) is -0.0599. The van der Waals surface area contributed by atoms with Gasteiger partial charge in [-0.05, 0) is 19.1 Å². The maximum absolute atomic E-state index is 12.5. The van der Waals surface area contributed by atoms with E-state index in [1.54, 1.807) is 36.2 Å². The highest BCUT2D eigenvalue weighted by Crippen LogP contribution is 2.27. The number of nitrogens with zero attached hydrogens (tertiary/aromatic N) is 2. The third-order valence-corrected chi connectivity index (χ3v) is 5.10. The predicted octanol–water partition coefficient (Wildman–Crippen LogP) is 3.29. The summed E-state index contributed by atoms with van der Waals surface area (Å²) in [5, 5.41) is 11.8. The van der Waals surface area contributed by atoms with Gasteiger partial charge in [0.15, 0.2) is 0 Å². The molecule has 1 aromatic heterocycles. The zero-order chi connectivity index (χ0) is 16.8. The minimum atomic E-state index is -0.911. The van der Waals surface area contributed by atoms with Crippen molar-refractivity contribution < 1.29 is 14.7 Å². The van der Waals surface area contributed by atoms with Crippen LogP contribution in [0.15, 0.2) is 34.5 Å². The predicted molar refractivity (Wildman–Crippen MR) is 92.1 cm³/mol. The van der Waals surface area contributed by atoms with E-state index in [0.29, 0.717) is 11.3 Å². The number of hydrogen-bond acceptors (Lipinski definition) is 5. The second-order valence-electron chi connectivity index (χ2n) is 5.01. The van der Waals surface area contributed by atoms with Gasteiger partial charge in [-0.25, -0.2) is 4.98 Å². The summed E-state index contributed by atoms with van der Waals surface area (Å²) in [5.74, 6) is -0.372. The lowest BCUT2D eigenvalue weighted by Gasteiger charge is -2.18. The largest absolute Gasteiger partial charge is 0.481 e. The van der Waals surface area contributed by atoms with Crippen LogP contribution in [0.4, 0.5) is 0 Å². The van der Waals surface area contributed by atoms with Crippen molar-refractivity contribution in [3.8, 4) is 0 Å². The average Bonchev–Trinajstić information content (AvgIpc) is 2.95. The number of thiazole rings is 1. The third-order valence-electron chi connectivity index (χ3n) is 3.17. The van der Waals surface area contributed by atoms with Gasteiger partial charge in [-0.1, -0.05) is 12.1 Å². The second-order valence-corrected chi connectivity index (χ2v) is 7.09. The molecule has 2 rings (SSSR count). The van der Waals surface area contributed by atoms with Gasteiger partial charge < -0.3 is 10.0 Å². The number of aliphatic carboxylic acids is 1. The van der Waals surface area contributed by atoms with E-state index in [4.69, 9.17) is 5.11 Å². The van der Waals surface area contributed by atoms with Crippen molar-refractivity contribution in [2.24, 2.45) is 0 Å². The molecular formula is C16H18N2O3S2. The number of aryl methyl sites for hydroxylation is 1. The number of carbonyl (C=O) groups is 2. The Morgan fingerprint density at radius 2 is 2.09 bits per heavy atom. The fourth-order valence-corrected chi connectivity index (χ4v) is 3.62. The Balaban J connectivity index is 2.06. The molecule has 122 valence electrons. The van der Waals surface area contributed by atoms with Crippen LogP contribution < -0.4 is 0 Å². The average molecular weight is 350 g/mol. The Bertz CT molecular complexity index is 700. The van der Waals surface area contributed by atoms with Gasteiger partial charge in [0.2, 0.25) is 0 Å². The molecule has 1 heterocycles. The maximum Gasteiger partial charge on any atom is 0.305 e. The molecule has 0 bridgehead atoms. The molecule has 0 radical (unpaired) electrons. The third kappa shape index (κ3) is 5.07. The van der Waals surface area contributed by atoms with Crippen molar-refractivity contribution in [2.45, 2.75) is 24.0 Å². The molecule has 1 amide bonds. The molecule has 0 atom stereocenters. The number of hydrogen-bond donors (Lipinski definition) is 1. The van der Waals surface area contributed by atoms with Crippen LogP contribution in [0.5, 0.6) is 0 Å². The van der Waals surface area contributed by atoms with Crippen LogP contribution in [0, 0.1) is 6.92 Å². The van der Waals surface area contributed by atoms with E-state index in [-0.39, 0.29) is 18.9 Å². The lowest BCUT2D eigenvalue weighted by atomic mass is 10.2. The highest BCUT2D eigenvalue weighted by Gasteiger charge is 2.16. The van der Waals surface area contributed by atoms with Crippen molar-refractivity contribution in [3.05, 3.63) is 45.9 Å². The van der Waals surface area contributed by atoms with Gasteiger partial charge in [0.05, 0.1) is 22.7 Å². The Labute approximate surface area is 143 Å². The lowest BCUT2D eigenvalue weighted by Crippen LogP contribution is -2.29. The van der Waals surface area contributed by atoms with Crippen molar-refractivity contribution >= 4 is 35.0 Å². The van der Waals surface area contributed by atoms with Crippen molar-refractivity contribution in [3.63, 3.8) is 0 Å². The molecule has 0 saturated carbocycles. The van der Waals surface area contributed by atoms with Gasteiger partial charge in [-0.3, -0.25) is 9.59 Å². The first kappa shape index (κ1) is 17.5. The molecule has 5 nitrogen and oxygen atoms in total. The van der Waals surface area contributed by atoms with Gasteiger partial charge >= 0.3 is 5.97 Å². The van der Waals surface area contributed by atoms with Gasteiger partial charge in [-0.2, -0.15) is 0 Å². The van der Waals surface area contributed by atoms with Gasteiger partial charge in [0.25, 0.3) is 5.91 Å². The summed E-state index contributed by atoms with van der Waals surface area (Å²) in [5.41, 5.74) is 1.59. The van der Waals surface area contributed by atoms with E-state index in [2.05, 4.69) is 4.98 Å². The van der Waals surface area contributed by atoms with Crippen LogP contribution in [0.2, 0.25) is 0 Å². The molecule has 0 fully saturated rings. The van der Waals surface area contributed by atoms with Gasteiger partial charge in [-0.15, -0.1) is 23.1 Å². The monoisotopic (exact) mass is 350 g/mol. The SMILES string of the molecule is Cc1nc(CSc2ccccc2C(=O)N(C)CCC(=O)O)cs1.